The van der Waals surface area contributed by atoms with E-state index in [1.54, 1.807) is 71.4 Å². The van der Waals surface area contributed by atoms with Gasteiger partial charge < -0.3 is 9.88 Å². The predicted molar refractivity (Wildman–Crippen MR) is 124 cm³/mol. The van der Waals surface area contributed by atoms with Gasteiger partial charge in [-0.25, -0.2) is 0 Å². The first-order chi connectivity index (χ1) is 15.9. The third-order valence-electron chi connectivity index (χ3n) is 4.91. The summed E-state index contributed by atoms with van der Waals surface area (Å²) in [7, 11) is 0. The van der Waals surface area contributed by atoms with Gasteiger partial charge in [-0.1, -0.05) is 36.4 Å². The van der Waals surface area contributed by atoms with Crippen LogP contribution in [0.15, 0.2) is 77.8 Å². The highest BCUT2D eigenvalue weighted by Gasteiger charge is 2.36. The van der Waals surface area contributed by atoms with Crippen molar-refractivity contribution in [3.8, 4) is 0 Å². The van der Waals surface area contributed by atoms with Crippen molar-refractivity contribution >= 4 is 46.3 Å². The molecule has 1 fully saturated rings. The number of thioether (sulfide) groups is 1. The number of amides is 3. The Labute approximate surface area is 192 Å². The molecule has 0 unspecified atom stereocenters. The average Bonchev–Trinajstić information content (AvgIpc) is 3.34. The molecule has 3 aromatic rings. The molecule has 2 aromatic carbocycles. The van der Waals surface area contributed by atoms with Gasteiger partial charge in [-0.15, -0.1) is 0 Å². The fourth-order valence-electron chi connectivity index (χ4n) is 3.34. The van der Waals surface area contributed by atoms with Crippen LogP contribution in [0.4, 0.5) is 16.2 Å². The second-order valence-corrected chi connectivity index (χ2v) is 8.12. The molecule has 33 heavy (non-hydrogen) atoms. The second-order valence-electron chi connectivity index (χ2n) is 7.13. The summed E-state index contributed by atoms with van der Waals surface area (Å²) in [5.74, 6) is -1.05. The topological polar surface area (TPSA) is 115 Å². The summed E-state index contributed by atoms with van der Waals surface area (Å²) >= 11 is 0.748. The van der Waals surface area contributed by atoms with E-state index >= 15 is 0 Å². The Kier molecular flexibility index (Phi) is 6.36. The third-order valence-corrected chi connectivity index (χ3v) is 5.81. The maximum atomic E-state index is 12.8. The Bertz CT molecular complexity index is 1270. The Morgan fingerprint density at radius 2 is 1.76 bits per heavy atom. The Balaban J connectivity index is 1.49. The smallest absolute Gasteiger partial charge is 0.294 e. The number of nitrogens with one attached hydrogen (secondary N) is 1. The zero-order chi connectivity index (χ0) is 23.4. The number of aromatic nitrogens is 1. The molecule has 1 saturated heterocycles. The van der Waals surface area contributed by atoms with E-state index in [0.29, 0.717) is 16.9 Å². The molecule has 1 aromatic heterocycles. The minimum absolute atomic E-state index is 0.00176. The van der Waals surface area contributed by atoms with Crippen molar-refractivity contribution in [3.63, 3.8) is 0 Å². The Morgan fingerprint density at radius 1 is 1.03 bits per heavy atom. The van der Waals surface area contributed by atoms with Crippen molar-refractivity contribution in [2.24, 2.45) is 0 Å². The molecule has 1 aliphatic rings. The van der Waals surface area contributed by atoms with Crippen molar-refractivity contribution in [2.45, 2.75) is 6.54 Å². The summed E-state index contributed by atoms with van der Waals surface area (Å²) in [6, 6.07) is 18.7. The van der Waals surface area contributed by atoms with Crippen LogP contribution in [0.1, 0.15) is 11.3 Å². The maximum absolute atomic E-state index is 12.8. The summed E-state index contributed by atoms with van der Waals surface area (Å²) in [6.45, 7) is -0.173. The predicted octanol–water partition coefficient (Wildman–Crippen LogP) is 4.12. The Hall–Kier alpha value is -4.18. The fourth-order valence-corrected chi connectivity index (χ4v) is 4.17. The van der Waals surface area contributed by atoms with Crippen molar-refractivity contribution in [1.82, 2.24) is 9.47 Å². The molecule has 2 heterocycles. The Morgan fingerprint density at radius 3 is 2.52 bits per heavy atom. The number of para-hydroxylation sites is 2. The molecular formula is C23H18N4O5S. The van der Waals surface area contributed by atoms with Gasteiger partial charge >= 0.3 is 0 Å². The van der Waals surface area contributed by atoms with Crippen LogP contribution >= 0.6 is 11.8 Å². The van der Waals surface area contributed by atoms with E-state index in [1.165, 1.54) is 6.07 Å². The molecule has 0 radical (unpaired) electrons. The minimum atomic E-state index is -0.563. The fraction of sp³-hybridized carbons (Fsp3) is 0.0870. The van der Waals surface area contributed by atoms with E-state index in [0.717, 1.165) is 16.7 Å². The van der Waals surface area contributed by atoms with E-state index in [2.05, 4.69) is 5.32 Å². The highest BCUT2D eigenvalue weighted by molar-refractivity contribution is 8.18. The van der Waals surface area contributed by atoms with Gasteiger partial charge in [0.15, 0.2) is 0 Å². The normalized spacial score (nSPS) is 14.7. The molecule has 0 spiro atoms. The van der Waals surface area contributed by atoms with E-state index in [-0.39, 0.29) is 17.1 Å². The number of carbonyl (C=O) groups excluding carboxylic acids is 3. The molecule has 3 amide bonds. The summed E-state index contributed by atoms with van der Waals surface area (Å²) in [6.07, 6.45) is 3.29. The van der Waals surface area contributed by atoms with Gasteiger partial charge in [-0.2, -0.15) is 0 Å². The molecule has 4 rings (SSSR count). The van der Waals surface area contributed by atoms with Gasteiger partial charge in [0.2, 0.25) is 5.91 Å². The number of rotatable bonds is 7. The molecule has 0 atom stereocenters. The standard InChI is InChI=1S/C23H18N4O5S/c28-21(24-17-8-2-1-3-9-17)15-26-22(29)20(33-23(26)30)13-18-10-6-12-25(18)14-16-7-4-5-11-19(16)27(31)32/h1-13H,14-15H2,(H,24,28)/b20-13+. The van der Waals surface area contributed by atoms with Crippen molar-refractivity contribution in [3.05, 3.63) is 99.2 Å². The lowest BCUT2D eigenvalue weighted by atomic mass is 10.2. The van der Waals surface area contributed by atoms with Crippen molar-refractivity contribution in [2.75, 3.05) is 11.9 Å². The van der Waals surface area contributed by atoms with E-state index < -0.39 is 28.5 Å². The number of nitro benzene ring substituents is 1. The molecule has 9 nitrogen and oxygen atoms in total. The van der Waals surface area contributed by atoms with Gasteiger partial charge in [-0.3, -0.25) is 29.4 Å². The molecular weight excluding hydrogens is 444 g/mol. The van der Waals surface area contributed by atoms with Crippen LogP contribution in [0.3, 0.4) is 0 Å². The van der Waals surface area contributed by atoms with Crippen LogP contribution in [-0.2, 0) is 16.1 Å². The van der Waals surface area contributed by atoms with Crippen LogP contribution in [0.25, 0.3) is 6.08 Å². The number of carbonyl (C=O) groups is 3. The summed E-state index contributed by atoms with van der Waals surface area (Å²) in [5.41, 5.74) is 1.69. The monoisotopic (exact) mass is 462 g/mol. The van der Waals surface area contributed by atoms with Gasteiger partial charge in [0.1, 0.15) is 6.54 Å². The first-order valence-corrected chi connectivity index (χ1v) is 10.7. The number of nitro groups is 1. The lowest BCUT2D eigenvalue weighted by molar-refractivity contribution is -0.385. The quantitative estimate of drug-likeness (QED) is 0.321. The maximum Gasteiger partial charge on any atom is 0.294 e. The third kappa shape index (κ3) is 5.01. The van der Waals surface area contributed by atoms with Gasteiger partial charge in [0.25, 0.3) is 16.8 Å². The molecule has 0 saturated carbocycles. The van der Waals surface area contributed by atoms with E-state index in [4.69, 9.17) is 0 Å². The first kappa shape index (κ1) is 22.0. The first-order valence-electron chi connectivity index (χ1n) is 9.90. The highest BCUT2D eigenvalue weighted by atomic mass is 32.2. The highest BCUT2D eigenvalue weighted by Crippen LogP contribution is 2.32. The molecule has 0 bridgehead atoms. The van der Waals surface area contributed by atoms with Crippen LogP contribution in [0.5, 0.6) is 0 Å². The number of nitrogens with zero attached hydrogens (tertiary/aromatic N) is 3. The average molecular weight is 462 g/mol. The summed E-state index contributed by atoms with van der Waals surface area (Å²) < 4.78 is 1.75. The molecule has 0 aliphatic carbocycles. The number of imide groups is 1. The second kappa shape index (κ2) is 9.53. The SMILES string of the molecule is O=C(CN1C(=O)S/C(=C/c2cccn2Cc2ccccc2[N+](=O)[O-])C1=O)Nc1ccccc1. The van der Waals surface area contributed by atoms with Crippen molar-refractivity contribution in [1.29, 1.82) is 0 Å². The van der Waals surface area contributed by atoms with Crippen LogP contribution in [-0.4, -0.2) is 38.0 Å². The largest absolute Gasteiger partial charge is 0.343 e. The number of hydrogen-bond acceptors (Lipinski definition) is 6. The summed E-state index contributed by atoms with van der Waals surface area (Å²) in [4.78, 5) is 49.4. The van der Waals surface area contributed by atoms with Crippen LogP contribution in [0.2, 0.25) is 0 Å². The van der Waals surface area contributed by atoms with Crippen LogP contribution < -0.4 is 5.32 Å². The minimum Gasteiger partial charge on any atom is -0.343 e. The van der Waals surface area contributed by atoms with E-state index in [1.807, 2.05) is 6.07 Å². The number of hydrogen-bond donors (Lipinski definition) is 1. The van der Waals surface area contributed by atoms with Crippen LogP contribution in [0, 0.1) is 10.1 Å². The van der Waals surface area contributed by atoms with Crippen molar-refractivity contribution < 1.29 is 19.3 Å². The van der Waals surface area contributed by atoms with Gasteiger partial charge in [-0.05, 0) is 42.1 Å². The summed E-state index contributed by atoms with van der Waals surface area (Å²) in [5, 5.41) is 13.4. The number of anilines is 1. The lowest BCUT2D eigenvalue weighted by Crippen LogP contribution is -2.36. The van der Waals surface area contributed by atoms with Gasteiger partial charge in [0.05, 0.1) is 16.4 Å². The molecule has 1 N–H and O–H groups in total. The molecule has 10 heteroatoms. The molecule has 166 valence electrons. The van der Waals surface area contributed by atoms with E-state index in [9.17, 15) is 24.5 Å². The zero-order valence-corrected chi connectivity index (χ0v) is 18.0. The van der Waals surface area contributed by atoms with Gasteiger partial charge in [0, 0.05) is 29.2 Å². The number of benzene rings is 2. The zero-order valence-electron chi connectivity index (χ0n) is 17.2. The lowest BCUT2D eigenvalue weighted by Gasteiger charge is -2.12. The molecule has 1 aliphatic heterocycles.